The predicted octanol–water partition coefficient (Wildman–Crippen LogP) is 2.37. The van der Waals surface area contributed by atoms with Crippen molar-refractivity contribution in [2.24, 2.45) is 10.8 Å². The van der Waals surface area contributed by atoms with Crippen molar-refractivity contribution in [2.75, 3.05) is 5.43 Å². The maximum absolute atomic E-state index is 10.8. The number of anilines is 1. The Bertz CT molecular complexity index is 1080. The van der Waals surface area contributed by atoms with Crippen LogP contribution in [0.4, 0.5) is 11.4 Å². The van der Waals surface area contributed by atoms with E-state index in [9.17, 15) is 10.1 Å². The standard InChI is InChI=1S/C16H12N8O2/c17-8-14(15(18)19)23-22-10-3-1-9(2-4-10)16-20-12-6-5-11(24(25)26)7-13(12)21-16/h1-7,22H,(H3,18,19)(H,20,21)/b23-14+. The second-order valence-corrected chi connectivity index (χ2v) is 5.22. The summed E-state index contributed by atoms with van der Waals surface area (Å²) >= 11 is 0. The fraction of sp³-hybridized carbons (Fsp3) is 0. The predicted molar refractivity (Wildman–Crippen MR) is 96.8 cm³/mol. The van der Waals surface area contributed by atoms with Crippen molar-refractivity contribution >= 4 is 34.0 Å². The molecule has 0 saturated carbocycles. The minimum Gasteiger partial charge on any atom is -0.382 e. The normalized spacial score (nSPS) is 11.1. The Balaban J connectivity index is 1.84. The number of imidazole rings is 1. The summed E-state index contributed by atoms with van der Waals surface area (Å²) in [6, 6.07) is 13.1. The van der Waals surface area contributed by atoms with E-state index in [1.54, 1.807) is 36.4 Å². The van der Waals surface area contributed by atoms with Gasteiger partial charge in [0.15, 0.2) is 5.84 Å². The van der Waals surface area contributed by atoms with Crippen molar-refractivity contribution in [1.82, 2.24) is 9.97 Å². The van der Waals surface area contributed by atoms with Gasteiger partial charge >= 0.3 is 0 Å². The lowest BCUT2D eigenvalue weighted by molar-refractivity contribution is -0.384. The van der Waals surface area contributed by atoms with Crippen LogP contribution < -0.4 is 11.2 Å². The Labute approximate surface area is 146 Å². The van der Waals surface area contributed by atoms with Crippen LogP contribution in [-0.2, 0) is 0 Å². The first-order chi connectivity index (χ1) is 12.5. The molecule has 0 bridgehead atoms. The number of nitriles is 1. The van der Waals surface area contributed by atoms with Gasteiger partial charge in [-0.3, -0.25) is 20.9 Å². The summed E-state index contributed by atoms with van der Waals surface area (Å²) in [5, 5.41) is 30.6. The van der Waals surface area contributed by atoms with Crippen LogP contribution in [0.2, 0.25) is 0 Å². The molecule has 0 amide bonds. The van der Waals surface area contributed by atoms with Crippen LogP contribution in [-0.4, -0.2) is 26.4 Å². The topological polar surface area (TPSA) is 170 Å². The zero-order valence-corrected chi connectivity index (χ0v) is 13.2. The lowest BCUT2D eigenvalue weighted by Crippen LogP contribution is -2.21. The molecule has 0 spiro atoms. The van der Waals surface area contributed by atoms with Gasteiger partial charge in [0.05, 0.1) is 21.6 Å². The van der Waals surface area contributed by atoms with E-state index in [0.29, 0.717) is 22.5 Å². The van der Waals surface area contributed by atoms with Crippen LogP contribution in [0.25, 0.3) is 22.4 Å². The van der Waals surface area contributed by atoms with Crippen molar-refractivity contribution in [3.05, 3.63) is 52.6 Å². The lowest BCUT2D eigenvalue weighted by atomic mass is 10.2. The summed E-state index contributed by atoms with van der Waals surface area (Å²) in [5.74, 6) is 0.144. The quantitative estimate of drug-likeness (QED) is 0.238. The van der Waals surface area contributed by atoms with E-state index in [0.717, 1.165) is 5.56 Å². The zero-order valence-electron chi connectivity index (χ0n) is 13.2. The van der Waals surface area contributed by atoms with Crippen molar-refractivity contribution < 1.29 is 4.92 Å². The molecule has 0 radical (unpaired) electrons. The molecule has 0 unspecified atom stereocenters. The number of H-pyrrole nitrogens is 1. The maximum Gasteiger partial charge on any atom is 0.271 e. The first-order valence-electron chi connectivity index (χ1n) is 7.30. The number of hydrogen-bond donors (Lipinski definition) is 4. The first kappa shape index (κ1) is 16.6. The summed E-state index contributed by atoms with van der Waals surface area (Å²) in [6.45, 7) is 0. The Morgan fingerprint density at radius 2 is 2.08 bits per heavy atom. The van der Waals surface area contributed by atoms with E-state index in [4.69, 9.17) is 16.4 Å². The Morgan fingerprint density at radius 3 is 2.69 bits per heavy atom. The number of nitrogens with zero attached hydrogens (tertiary/aromatic N) is 4. The van der Waals surface area contributed by atoms with Crippen molar-refractivity contribution in [3.63, 3.8) is 0 Å². The van der Waals surface area contributed by atoms with Gasteiger partial charge in [-0.05, 0) is 30.3 Å². The number of nitro benzene ring substituents is 1. The van der Waals surface area contributed by atoms with Gasteiger partial charge in [0, 0.05) is 17.7 Å². The van der Waals surface area contributed by atoms with E-state index in [1.165, 1.54) is 12.1 Å². The molecule has 26 heavy (non-hydrogen) atoms. The van der Waals surface area contributed by atoms with Gasteiger partial charge in [-0.1, -0.05) is 0 Å². The largest absolute Gasteiger partial charge is 0.382 e. The summed E-state index contributed by atoms with van der Waals surface area (Å²) in [7, 11) is 0. The number of rotatable bonds is 5. The Kier molecular flexibility index (Phi) is 4.27. The molecule has 5 N–H and O–H groups in total. The minimum absolute atomic E-state index is 0.0103. The van der Waals surface area contributed by atoms with Crippen molar-refractivity contribution in [1.29, 1.82) is 10.7 Å². The smallest absolute Gasteiger partial charge is 0.271 e. The number of non-ortho nitro benzene ring substituents is 1. The van der Waals surface area contributed by atoms with Gasteiger partial charge in [-0.25, -0.2) is 4.98 Å². The number of hydrazone groups is 1. The molecule has 0 aliphatic rings. The average molecular weight is 348 g/mol. The fourth-order valence-corrected chi connectivity index (χ4v) is 2.22. The molecule has 0 saturated heterocycles. The van der Waals surface area contributed by atoms with Gasteiger partial charge in [0.25, 0.3) is 5.69 Å². The van der Waals surface area contributed by atoms with Crippen LogP contribution in [0.5, 0.6) is 0 Å². The van der Waals surface area contributed by atoms with E-state index in [-0.39, 0.29) is 11.4 Å². The second-order valence-electron chi connectivity index (χ2n) is 5.22. The third-order valence-electron chi connectivity index (χ3n) is 3.49. The second kappa shape index (κ2) is 6.70. The SMILES string of the molecule is N#C/C(=N\Nc1ccc(-c2nc3ccc([N+](=O)[O-])cc3[nH]2)cc1)C(=N)N. The molecule has 2 aromatic carbocycles. The summed E-state index contributed by atoms with van der Waals surface area (Å²) in [6.07, 6.45) is 0. The highest BCUT2D eigenvalue weighted by Crippen LogP contribution is 2.24. The first-order valence-corrected chi connectivity index (χ1v) is 7.30. The Hall–Kier alpha value is -4.26. The molecule has 10 heteroatoms. The maximum atomic E-state index is 10.8. The van der Waals surface area contributed by atoms with E-state index < -0.39 is 10.8 Å². The number of fused-ring (bicyclic) bond motifs is 1. The highest BCUT2D eigenvalue weighted by molar-refractivity contribution is 6.45. The van der Waals surface area contributed by atoms with Crippen LogP contribution >= 0.6 is 0 Å². The Morgan fingerprint density at radius 1 is 1.35 bits per heavy atom. The molecular weight excluding hydrogens is 336 g/mol. The van der Waals surface area contributed by atoms with Crippen molar-refractivity contribution in [3.8, 4) is 17.5 Å². The van der Waals surface area contributed by atoms with Gasteiger partial charge in [-0.15, -0.1) is 0 Å². The van der Waals surface area contributed by atoms with Crippen LogP contribution in [0, 0.1) is 26.9 Å². The highest BCUT2D eigenvalue weighted by Gasteiger charge is 2.10. The molecule has 3 rings (SSSR count). The molecule has 0 aliphatic carbocycles. The number of nitrogens with one attached hydrogen (secondary N) is 3. The number of nitrogens with two attached hydrogens (primary N) is 1. The fourth-order valence-electron chi connectivity index (χ4n) is 2.22. The van der Waals surface area contributed by atoms with Crippen molar-refractivity contribution in [2.45, 2.75) is 0 Å². The van der Waals surface area contributed by atoms with Crippen LogP contribution in [0.1, 0.15) is 0 Å². The summed E-state index contributed by atoms with van der Waals surface area (Å²) < 4.78 is 0. The molecule has 3 aromatic rings. The third-order valence-corrected chi connectivity index (χ3v) is 3.49. The lowest BCUT2D eigenvalue weighted by Gasteiger charge is -2.02. The van der Waals surface area contributed by atoms with E-state index >= 15 is 0 Å². The number of aromatic amines is 1. The molecular formula is C16H12N8O2. The van der Waals surface area contributed by atoms with E-state index in [1.807, 2.05) is 0 Å². The molecule has 10 nitrogen and oxygen atoms in total. The highest BCUT2D eigenvalue weighted by atomic mass is 16.6. The summed E-state index contributed by atoms with van der Waals surface area (Å²) in [4.78, 5) is 17.8. The molecule has 0 fully saturated rings. The monoisotopic (exact) mass is 348 g/mol. The zero-order chi connectivity index (χ0) is 18.7. The molecule has 0 aliphatic heterocycles. The summed E-state index contributed by atoms with van der Waals surface area (Å²) in [5.41, 5.74) is 10.2. The van der Waals surface area contributed by atoms with Gasteiger partial charge in [0.1, 0.15) is 11.9 Å². The van der Waals surface area contributed by atoms with Gasteiger partial charge < -0.3 is 10.7 Å². The third kappa shape index (κ3) is 3.31. The van der Waals surface area contributed by atoms with Crippen LogP contribution in [0.15, 0.2) is 47.6 Å². The average Bonchev–Trinajstić information content (AvgIpc) is 3.05. The van der Waals surface area contributed by atoms with E-state index in [2.05, 4.69) is 20.5 Å². The molecule has 1 heterocycles. The van der Waals surface area contributed by atoms with Gasteiger partial charge in [0.2, 0.25) is 5.71 Å². The molecule has 128 valence electrons. The van der Waals surface area contributed by atoms with Crippen LogP contribution in [0.3, 0.4) is 0 Å². The number of amidine groups is 1. The number of aromatic nitrogens is 2. The molecule has 0 atom stereocenters. The number of benzene rings is 2. The number of nitro groups is 1. The molecule has 1 aromatic heterocycles. The van der Waals surface area contributed by atoms with Gasteiger partial charge in [-0.2, -0.15) is 10.4 Å². The number of hydrogen-bond acceptors (Lipinski definition) is 7. The minimum atomic E-state index is -0.461.